The fourth-order valence-corrected chi connectivity index (χ4v) is 2.10. The lowest BCUT2D eigenvalue weighted by Crippen LogP contribution is -2.18. The average Bonchev–Trinajstić information content (AvgIpc) is 2.36. The molecular formula is C16H24O2. The van der Waals surface area contributed by atoms with E-state index in [2.05, 4.69) is 39.0 Å². The van der Waals surface area contributed by atoms with Gasteiger partial charge in [0.1, 0.15) is 0 Å². The van der Waals surface area contributed by atoms with Crippen LogP contribution >= 0.6 is 0 Å². The van der Waals surface area contributed by atoms with Crippen molar-refractivity contribution < 1.29 is 9.53 Å². The maximum absolute atomic E-state index is 11.7. The number of methoxy groups -OCH3 is 1. The Balaban J connectivity index is 2.94. The van der Waals surface area contributed by atoms with E-state index in [1.54, 1.807) is 0 Å². The second-order valence-electron chi connectivity index (χ2n) is 5.17. The van der Waals surface area contributed by atoms with Gasteiger partial charge in [-0.2, -0.15) is 0 Å². The second kappa shape index (κ2) is 6.58. The van der Waals surface area contributed by atoms with E-state index in [0.717, 1.165) is 12.8 Å². The topological polar surface area (TPSA) is 26.3 Å². The van der Waals surface area contributed by atoms with E-state index >= 15 is 0 Å². The Labute approximate surface area is 110 Å². The number of hydrogen-bond donors (Lipinski definition) is 0. The third-order valence-electron chi connectivity index (χ3n) is 3.53. The van der Waals surface area contributed by atoms with E-state index in [0.29, 0.717) is 5.92 Å². The number of aryl methyl sites for hydroxylation is 1. The van der Waals surface area contributed by atoms with Crippen molar-refractivity contribution in [1.82, 2.24) is 0 Å². The first-order chi connectivity index (χ1) is 8.49. The van der Waals surface area contributed by atoms with Gasteiger partial charge < -0.3 is 4.74 Å². The Kier molecular flexibility index (Phi) is 5.39. The quantitative estimate of drug-likeness (QED) is 0.740. The average molecular weight is 248 g/mol. The first-order valence-electron chi connectivity index (χ1n) is 6.66. The molecule has 0 N–H and O–H groups in total. The summed E-state index contributed by atoms with van der Waals surface area (Å²) in [4.78, 5) is 11.7. The number of hydrogen-bond acceptors (Lipinski definition) is 2. The molecule has 0 amide bonds. The summed E-state index contributed by atoms with van der Waals surface area (Å²) < 4.78 is 4.85. The smallest absolute Gasteiger partial charge is 0.308 e. The lowest BCUT2D eigenvalue weighted by Gasteiger charge is -2.16. The lowest BCUT2D eigenvalue weighted by atomic mass is 9.91. The fourth-order valence-electron chi connectivity index (χ4n) is 2.10. The minimum absolute atomic E-state index is 0.0314. The van der Waals surface area contributed by atoms with Crippen molar-refractivity contribution in [2.24, 2.45) is 5.92 Å². The van der Waals surface area contributed by atoms with Crippen LogP contribution in [0.3, 0.4) is 0 Å². The third-order valence-corrected chi connectivity index (χ3v) is 3.53. The molecule has 0 aliphatic rings. The highest BCUT2D eigenvalue weighted by Gasteiger charge is 2.18. The summed E-state index contributed by atoms with van der Waals surface area (Å²) in [6.07, 6.45) is 1.59. The molecule has 2 nitrogen and oxygen atoms in total. The van der Waals surface area contributed by atoms with Crippen LogP contribution in [-0.2, 0) is 16.0 Å². The summed E-state index contributed by atoms with van der Waals surface area (Å²) in [5, 5.41) is 0. The number of rotatable bonds is 5. The van der Waals surface area contributed by atoms with E-state index < -0.39 is 0 Å². The second-order valence-corrected chi connectivity index (χ2v) is 5.17. The zero-order valence-corrected chi connectivity index (χ0v) is 12.1. The first kappa shape index (κ1) is 14.7. The van der Waals surface area contributed by atoms with Gasteiger partial charge in [-0.1, -0.05) is 39.0 Å². The highest BCUT2D eigenvalue weighted by molar-refractivity contribution is 5.72. The van der Waals surface area contributed by atoms with Crippen LogP contribution in [-0.4, -0.2) is 13.1 Å². The Bertz CT molecular complexity index is 408. The number of esters is 1. The van der Waals surface area contributed by atoms with Crippen molar-refractivity contribution in [2.75, 3.05) is 7.11 Å². The van der Waals surface area contributed by atoms with Crippen LogP contribution in [0.25, 0.3) is 0 Å². The molecule has 100 valence electrons. The first-order valence-corrected chi connectivity index (χ1v) is 6.66. The van der Waals surface area contributed by atoms with Gasteiger partial charge in [0.05, 0.1) is 13.0 Å². The number of carbonyl (C=O) groups excluding carboxylic acids is 1. The molecule has 0 aliphatic carbocycles. The normalized spacial score (nSPS) is 12.6. The van der Waals surface area contributed by atoms with Crippen LogP contribution in [0.1, 0.15) is 49.8 Å². The van der Waals surface area contributed by atoms with E-state index in [1.807, 2.05) is 6.92 Å². The van der Waals surface area contributed by atoms with E-state index in [9.17, 15) is 4.79 Å². The Morgan fingerprint density at radius 3 is 2.50 bits per heavy atom. The molecule has 1 atom stereocenters. The van der Waals surface area contributed by atoms with Crippen molar-refractivity contribution in [3.05, 3.63) is 34.9 Å². The molecule has 1 rings (SSSR count). The standard InChI is InChI=1S/C16H24O2/c1-6-13(16(17)18-5)9-15-10-14(11(2)3)8-7-12(15)4/h7-8,10-11,13H,6,9H2,1-5H3. The molecule has 0 saturated heterocycles. The summed E-state index contributed by atoms with van der Waals surface area (Å²) in [6, 6.07) is 6.54. The molecule has 1 unspecified atom stereocenters. The highest BCUT2D eigenvalue weighted by atomic mass is 16.5. The molecule has 0 saturated carbocycles. The summed E-state index contributed by atoms with van der Waals surface area (Å²) in [7, 11) is 1.46. The molecule has 0 spiro atoms. The SMILES string of the molecule is CCC(Cc1cc(C(C)C)ccc1C)C(=O)OC. The van der Waals surface area contributed by atoms with Gasteiger partial charge in [-0.15, -0.1) is 0 Å². The van der Waals surface area contributed by atoms with Crippen molar-refractivity contribution in [2.45, 2.75) is 46.5 Å². The molecule has 0 bridgehead atoms. The van der Waals surface area contributed by atoms with Crippen LogP contribution in [0.2, 0.25) is 0 Å². The van der Waals surface area contributed by atoms with Crippen molar-refractivity contribution in [3.8, 4) is 0 Å². The number of carbonyl (C=O) groups is 1. The van der Waals surface area contributed by atoms with Gasteiger partial charge in [0.2, 0.25) is 0 Å². The van der Waals surface area contributed by atoms with Crippen LogP contribution in [0.4, 0.5) is 0 Å². The fraction of sp³-hybridized carbons (Fsp3) is 0.562. The predicted octanol–water partition coefficient (Wildman–Crippen LogP) is 3.86. The maximum Gasteiger partial charge on any atom is 0.308 e. The van der Waals surface area contributed by atoms with Gasteiger partial charge in [-0.25, -0.2) is 0 Å². The van der Waals surface area contributed by atoms with Gasteiger partial charge in [0.25, 0.3) is 0 Å². The molecule has 0 radical (unpaired) electrons. The van der Waals surface area contributed by atoms with Crippen LogP contribution < -0.4 is 0 Å². The van der Waals surface area contributed by atoms with E-state index in [4.69, 9.17) is 4.74 Å². The Morgan fingerprint density at radius 1 is 1.33 bits per heavy atom. The van der Waals surface area contributed by atoms with Crippen LogP contribution in [0, 0.1) is 12.8 Å². The molecular weight excluding hydrogens is 224 g/mol. The maximum atomic E-state index is 11.7. The van der Waals surface area contributed by atoms with Gasteiger partial charge in [0.15, 0.2) is 0 Å². The molecule has 0 fully saturated rings. The summed E-state index contributed by atoms with van der Waals surface area (Å²) in [6.45, 7) is 8.50. The van der Waals surface area contributed by atoms with Crippen molar-refractivity contribution in [1.29, 1.82) is 0 Å². The molecule has 1 aromatic carbocycles. The van der Waals surface area contributed by atoms with Gasteiger partial charge in [0, 0.05) is 0 Å². The summed E-state index contributed by atoms with van der Waals surface area (Å²) in [5.74, 6) is 0.380. The molecule has 0 aromatic heterocycles. The number of ether oxygens (including phenoxy) is 1. The molecule has 0 heterocycles. The monoisotopic (exact) mass is 248 g/mol. The predicted molar refractivity (Wildman–Crippen MR) is 74.8 cm³/mol. The van der Waals surface area contributed by atoms with Gasteiger partial charge in [-0.3, -0.25) is 4.79 Å². The third kappa shape index (κ3) is 3.59. The summed E-state index contributed by atoms with van der Waals surface area (Å²) in [5.41, 5.74) is 3.84. The highest BCUT2D eigenvalue weighted by Crippen LogP contribution is 2.22. The van der Waals surface area contributed by atoms with Crippen molar-refractivity contribution >= 4 is 5.97 Å². The van der Waals surface area contributed by atoms with Gasteiger partial charge in [-0.05, 0) is 42.4 Å². The number of benzene rings is 1. The minimum Gasteiger partial charge on any atom is -0.469 e. The minimum atomic E-state index is -0.105. The van der Waals surface area contributed by atoms with Crippen LogP contribution in [0.5, 0.6) is 0 Å². The largest absolute Gasteiger partial charge is 0.469 e. The Hall–Kier alpha value is -1.31. The zero-order chi connectivity index (χ0) is 13.7. The van der Waals surface area contributed by atoms with E-state index in [-0.39, 0.29) is 11.9 Å². The zero-order valence-electron chi connectivity index (χ0n) is 12.1. The lowest BCUT2D eigenvalue weighted by molar-refractivity contribution is -0.145. The molecule has 0 aliphatic heterocycles. The molecule has 2 heteroatoms. The van der Waals surface area contributed by atoms with Crippen LogP contribution in [0.15, 0.2) is 18.2 Å². The molecule has 18 heavy (non-hydrogen) atoms. The Morgan fingerprint density at radius 2 is 2.00 bits per heavy atom. The van der Waals surface area contributed by atoms with Crippen molar-refractivity contribution in [3.63, 3.8) is 0 Å². The molecule has 1 aromatic rings. The van der Waals surface area contributed by atoms with E-state index in [1.165, 1.54) is 23.8 Å². The summed E-state index contributed by atoms with van der Waals surface area (Å²) >= 11 is 0. The van der Waals surface area contributed by atoms with Gasteiger partial charge >= 0.3 is 5.97 Å².